The average molecular weight is 213 g/mol. The zero-order valence-corrected chi connectivity index (χ0v) is 8.33. The Balaban J connectivity index is 1.74. The summed E-state index contributed by atoms with van der Waals surface area (Å²) >= 11 is 1.16. The molecular weight excluding hydrogens is 202 g/mol. The molecule has 5 nitrogen and oxygen atoms in total. The Bertz CT molecular complexity index is 308. The summed E-state index contributed by atoms with van der Waals surface area (Å²) in [5, 5.41) is 17.1. The first-order chi connectivity index (χ1) is 6.75. The highest BCUT2D eigenvalue weighted by Crippen LogP contribution is 2.26. The maximum atomic E-state index is 11.4. The molecule has 0 atom stereocenters. The molecule has 1 aromatic heterocycles. The van der Waals surface area contributed by atoms with Gasteiger partial charge >= 0.3 is 0 Å². The third kappa shape index (κ3) is 2.08. The van der Waals surface area contributed by atoms with E-state index in [9.17, 15) is 4.79 Å². The number of aliphatic hydroxyl groups excluding tert-OH is 1. The van der Waals surface area contributed by atoms with Crippen LogP contribution in [-0.4, -0.2) is 33.2 Å². The van der Waals surface area contributed by atoms with Crippen LogP contribution < -0.4 is 5.32 Å². The molecule has 1 fully saturated rings. The van der Waals surface area contributed by atoms with E-state index < -0.39 is 0 Å². The van der Waals surface area contributed by atoms with Crippen LogP contribution in [0.2, 0.25) is 0 Å². The first-order valence-electron chi connectivity index (χ1n) is 4.49. The molecule has 14 heavy (non-hydrogen) atoms. The maximum absolute atomic E-state index is 11.4. The third-order valence-electron chi connectivity index (χ3n) is 2.35. The predicted molar refractivity (Wildman–Crippen MR) is 51.0 cm³/mol. The van der Waals surface area contributed by atoms with E-state index in [0.29, 0.717) is 18.2 Å². The number of rotatable bonds is 3. The minimum absolute atomic E-state index is 0.169. The SMILES string of the molecule is O=C(NCC1CC(O)C1)c1csnn1. The molecule has 1 aliphatic rings. The van der Waals surface area contributed by atoms with Gasteiger partial charge in [0.05, 0.1) is 6.10 Å². The molecule has 0 saturated heterocycles. The zero-order chi connectivity index (χ0) is 9.97. The normalized spacial score (nSPS) is 25.5. The van der Waals surface area contributed by atoms with Gasteiger partial charge in [-0.05, 0) is 30.3 Å². The minimum atomic E-state index is -0.180. The van der Waals surface area contributed by atoms with Crippen molar-refractivity contribution in [3.8, 4) is 0 Å². The molecule has 1 saturated carbocycles. The topological polar surface area (TPSA) is 75.1 Å². The number of hydrogen-bond acceptors (Lipinski definition) is 5. The maximum Gasteiger partial charge on any atom is 0.272 e. The Kier molecular flexibility index (Phi) is 2.74. The number of nitrogens with zero attached hydrogens (tertiary/aromatic N) is 2. The summed E-state index contributed by atoms with van der Waals surface area (Å²) in [5.41, 5.74) is 0.370. The van der Waals surface area contributed by atoms with Crippen molar-refractivity contribution < 1.29 is 9.90 Å². The van der Waals surface area contributed by atoms with Crippen LogP contribution in [0.1, 0.15) is 23.3 Å². The van der Waals surface area contributed by atoms with E-state index >= 15 is 0 Å². The van der Waals surface area contributed by atoms with Gasteiger partial charge in [-0.3, -0.25) is 4.79 Å². The minimum Gasteiger partial charge on any atom is -0.393 e. The lowest BCUT2D eigenvalue weighted by molar-refractivity contribution is 0.0419. The van der Waals surface area contributed by atoms with Gasteiger partial charge in [0.2, 0.25) is 0 Å². The number of amides is 1. The lowest BCUT2D eigenvalue weighted by atomic mass is 9.82. The fraction of sp³-hybridized carbons (Fsp3) is 0.625. The van der Waals surface area contributed by atoms with Crippen LogP contribution in [0.15, 0.2) is 5.38 Å². The monoisotopic (exact) mass is 213 g/mol. The lowest BCUT2D eigenvalue weighted by Crippen LogP contribution is -2.38. The van der Waals surface area contributed by atoms with Crippen molar-refractivity contribution in [2.24, 2.45) is 5.92 Å². The Hall–Kier alpha value is -1.01. The fourth-order valence-electron chi connectivity index (χ4n) is 1.46. The van der Waals surface area contributed by atoms with E-state index in [4.69, 9.17) is 5.11 Å². The Morgan fingerprint density at radius 1 is 1.71 bits per heavy atom. The Labute approximate surface area is 85.3 Å². The van der Waals surface area contributed by atoms with Gasteiger partial charge in [0, 0.05) is 11.9 Å². The molecule has 1 aromatic rings. The van der Waals surface area contributed by atoms with E-state index in [0.717, 1.165) is 24.4 Å². The largest absolute Gasteiger partial charge is 0.393 e. The van der Waals surface area contributed by atoms with Crippen LogP contribution in [0.3, 0.4) is 0 Å². The van der Waals surface area contributed by atoms with Crippen molar-refractivity contribution in [1.82, 2.24) is 14.9 Å². The molecule has 1 aliphatic carbocycles. The van der Waals surface area contributed by atoms with Crippen LogP contribution in [0.4, 0.5) is 0 Å². The van der Waals surface area contributed by atoms with Crippen molar-refractivity contribution in [2.75, 3.05) is 6.54 Å². The summed E-state index contributed by atoms with van der Waals surface area (Å²) in [7, 11) is 0. The number of nitrogens with one attached hydrogen (secondary N) is 1. The first-order valence-corrected chi connectivity index (χ1v) is 5.32. The second-order valence-electron chi connectivity index (χ2n) is 3.49. The highest BCUT2D eigenvalue weighted by atomic mass is 32.1. The Morgan fingerprint density at radius 2 is 2.50 bits per heavy atom. The second-order valence-corrected chi connectivity index (χ2v) is 4.10. The predicted octanol–water partition coefficient (Wildman–Crippen LogP) is 0.0388. The van der Waals surface area contributed by atoms with E-state index in [1.165, 1.54) is 0 Å². The lowest BCUT2D eigenvalue weighted by Gasteiger charge is -2.31. The van der Waals surface area contributed by atoms with Crippen molar-refractivity contribution in [3.63, 3.8) is 0 Å². The van der Waals surface area contributed by atoms with Crippen molar-refractivity contribution in [1.29, 1.82) is 0 Å². The molecule has 0 bridgehead atoms. The van der Waals surface area contributed by atoms with Crippen LogP contribution in [0, 0.1) is 5.92 Å². The molecule has 1 heterocycles. The summed E-state index contributed by atoms with van der Waals surface area (Å²) < 4.78 is 3.61. The first kappa shape index (κ1) is 9.54. The summed E-state index contributed by atoms with van der Waals surface area (Å²) in [4.78, 5) is 11.4. The molecule has 0 unspecified atom stereocenters. The van der Waals surface area contributed by atoms with Crippen LogP contribution >= 0.6 is 11.5 Å². The molecule has 0 aliphatic heterocycles. The molecule has 0 aromatic carbocycles. The highest BCUT2D eigenvalue weighted by Gasteiger charge is 2.27. The average Bonchev–Trinajstić information content (AvgIpc) is 2.62. The standard InChI is InChI=1S/C8H11N3O2S/c12-6-1-5(2-6)3-9-8(13)7-4-14-11-10-7/h4-6,12H,1-3H2,(H,9,13). The van der Waals surface area contributed by atoms with Crippen molar-refractivity contribution in [3.05, 3.63) is 11.1 Å². The summed E-state index contributed by atoms with van der Waals surface area (Å²) in [6, 6.07) is 0. The van der Waals surface area contributed by atoms with Gasteiger partial charge in [0.25, 0.3) is 5.91 Å². The number of aliphatic hydroxyl groups is 1. The van der Waals surface area contributed by atoms with Crippen molar-refractivity contribution in [2.45, 2.75) is 18.9 Å². The highest BCUT2D eigenvalue weighted by molar-refractivity contribution is 7.03. The Morgan fingerprint density at radius 3 is 3.07 bits per heavy atom. The van der Waals surface area contributed by atoms with Gasteiger partial charge < -0.3 is 10.4 Å². The molecule has 2 rings (SSSR count). The number of carbonyl (C=O) groups excluding carboxylic acids is 1. The van der Waals surface area contributed by atoms with Crippen LogP contribution in [-0.2, 0) is 0 Å². The van der Waals surface area contributed by atoms with E-state index in [-0.39, 0.29) is 12.0 Å². The number of carbonyl (C=O) groups is 1. The molecule has 1 amide bonds. The number of aromatic nitrogens is 2. The van der Waals surface area contributed by atoms with Gasteiger partial charge in [-0.25, -0.2) is 0 Å². The molecular formula is C8H11N3O2S. The van der Waals surface area contributed by atoms with Crippen LogP contribution in [0.5, 0.6) is 0 Å². The van der Waals surface area contributed by atoms with Gasteiger partial charge in [-0.2, -0.15) is 0 Å². The van der Waals surface area contributed by atoms with Crippen molar-refractivity contribution >= 4 is 17.4 Å². The second kappa shape index (κ2) is 4.02. The van der Waals surface area contributed by atoms with Gasteiger partial charge in [0.15, 0.2) is 5.69 Å². The van der Waals surface area contributed by atoms with E-state index in [1.807, 2.05) is 0 Å². The van der Waals surface area contributed by atoms with Gasteiger partial charge in [0.1, 0.15) is 0 Å². The smallest absolute Gasteiger partial charge is 0.272 e. The van der Waals surface area contributed by atoms with E-state index in [1.54, 1.807) is 5.38 Å². The third-order valence-corrected chi connectivity index (χ3v) is 2.86. The summed E-state index contributed by atoms with van der Waals surface area (Å²) in [5.74, 6) is 0.237. The molecule has 0 spiro atoms. The fourth-order valence-corrected chi connectivity index (χ4v) is 1.89. The van der Waals surface area contributed by atoms with Gasteiger partial charge in [-0.15, -0.1) is 5.10 Å². The number of hydrogen-bond donors (Lipinski definition) is 2. The molecule has 6 heteroatoms. The molecule has 2 N–H and O–H groups in total. The summed E-state index contributed by atoms with van der Waals surface area (Å²) in [6.45, 7) is 0.618. The quantitative estimate of drug-likeness (QED) is 0.743. The van der Waals surface area contributed by atoms with Gasteiger partial charge in [-0.1, -0.05) is 4.49 Å². The van der Waals surface area contributed by atoms with Crippen LogP contribution in [0.25, 0.3) is 0 Å². The summed E-state index contributed by atoms with van der Waals surface area (Å²) in [6.07, 6.45) is 1.41. The zero-order valence-electron chi connectivity index (χ0n) is 7.51. The van der Waals surface area contributed by atoms with E-state index in [2.05, 4.69) is 14.9 Å². The molecule has 76 valence electrons. The molecule has 0 radical (unpaired) electrons.